The average molecular weight is 336 g/mol. The summed E-state index contributed by atoms with van der Waals surface area (Å²) in [5.74, 6) is 0.279. The summed E-state index contributed by atoms with van der Waals surface area (Å²) >= 11 is 3.24. The molecule has 2 unspecified atom stereocenters. The van der Waals surface area contributed by atoms with Gasteiger partial charge >= 0.3 is 0 Å². The van der Waals surface area contributed by atoms with Crippen LogP contribution in [0.2, 0.25) is 0 Å². The van der Waals surface area contributed by atoms with Gasteiger partial charge in [-0.05, 0) is 30.0 Å². The number of carbonyl (C=O) groups is 1. The van der Waals surface area contributed by atoms with Crippen LogP contribution in [0.4, 0.5) is 4.39 Å². The normalized spacial score (nSPS) is 28.2. The highest BCUT2D eigenvalue weighted by atomic mass is 79.9. The van der Waals surface area contributed by atoms with Crippen molar-refractivity contribution >= 4 is 34.2 Å². The van der Waals surface area contributed by atoms with Crippen LogP contribution in [0.15, 0.2) is 22.7 Å². The smallest absolute Gasteiger partial charge is 0.254 e. The zero-order valence-corrected chi connectivity index (χ0v) is 11.9. The Morgan fingerprint density at radius 2 is 2.06 bits per heavy atom. The van der Waals surface area contributed by atoms with Gasteiger partial charge < -0.3 is 10.6 Å². The van der Waals surface area contributed by atoms with E-state index >= 15 is 0 Å². The molecule has 0 aromatic heterocycles. The number of benzene rings is 1. The number of halogens is 3. The summed E-state index contributed by atoms with van der Waals surface area (Å²) in [5, 5.41) is 6.15. The van der Waals surface area contributed by atoms with E-state index in [1.807, 2.05) is 0 Å². The van der Waals surface area contributed by atoms with E-state index in [9.17, 15) is 9.18 Å². The molecule has 98 valence electrons. The van der Waals surface area contributed by atoms with E-state index in [-0.39, 0.29) is 29.9 Å². The molecule has 3 nitrogen and oxygen atoms in total. The maximum atomic E-state index is 13.5. The van der Waals surface area contributed by atoms with Crippen molar-refractivity contribution in [1.82, 2.24) is 10.6 Å². The first-order valence-electron chi connectivity index (χ1n) is 5.63. The highest BCUT2D eigenvalue weighted by Gasteiger charge is 2.53. The number of piperidine rings is 1. The Kier molecular flexibility index (Phi) is 3.94. The van der Waals surface area contributed by atoms with Crippen LogP contribution in [-0.4, -0.2) is 25.0 Å². The molecule has 1 aromatic carbocycles. The van der Waals surface area contributed by atoms with Crippen LogP contribution in [0.25, 0.3) is 0 Å². The molecule has 1 aliphatic heterocycles. The Hall–Kier alpha value is -0.650. The molecule has 2 N–H and O–H groups in total. The minimum absolute atomic E-state index is 0. The minimum atomic E-state index is -0.477. The van der Waals surface area contributed by atoms with Gasteiger partial charge in [0.1, 0.15) is 5.82 Å². The van der Waals surface area contributed by atoms with Crippen LogP contribution < -0.4 is 10.6 Å². The van der Waals surface area contributed by atoms with Crippen LogP contribution in [0.1, 0.15) is 10.4 Å². The number of hydrogen-bond acceptors (Lipinski definition) is 2. The van der Waals surface area contributed by atoms with E-state index < -0.39 is 5.82 Å². The molecular weight excluding hydrogens is 323 g/mol. The summed E-state index contributed by atoms with van der Waals surface area (Å²) < 4.78 is 14.2. The fourth-order valence-electron chi connectivity index (χ4n) is 2.53. The van der Waals surface area contributed by atoms with Gasteiger partial charge in [0, 0.05) is 23.6 Å². The summed E-state index contributed by atoms with van der Waals surface area (Å²) in [6.45, 7) is 1.91. The first kappa shape index (κ1) is 13.8. The predicted molar refractivity (Wildman–Crippen MR) is 72.5 cm³/mol. The highest BCUT2D eigenvalue weighted by Crippen LogP contribution is 2.41. The topological polar surface area (TPSA) is 41.1 Å². The molecule has 0 radical (unpaired) electrons. The van der Waals surface area contributed by atoms with E-state index in [2.05, 4.69) is 26.6 Å². The third-order valence-electron chi connectivity index (χ3n) is 3.56. The Labute approximate surface area is 119 Å². The molecule has 1 aliphatic carbocycles. The average Bonchev–Trinajstić information content (AvgIpc) is 2.76. The van der Waals surface area contributed by atoms with Gasteiger partial charge in [0.05, 0.1) is 5.56 Å². The molecule has 1 saturated carbocycles. The van der Waals surface area contributed by atoms with Crippen molar-refractivity contribution < 1.29 is 9.18 Å². The lowest BCUT2D eigenvalue weighted by molar-refractivity contribution is 0.0942. The predicted octanol–water partition coefficient (Wildman–Crippen LogP) is 1.96. The standard InChI is InChI=1S/C12H12BrFN2O.ClH/c13-6-1-2-10(14)7(3-6)12(17)16-11-8-4-15-5-9(8)11;/h1-3,8-9,11,15H,4-5H2,(H,16,17);1H. The van der Waals surface area contributed by atoms with Crippen molar-refractivity contribution in [3.63, 3.8) is 0 Å². The number of hydrogen-bond donors (Lipinski definition) is 2. The van der Waals surface area contributed by atoms with Crippen molar-refractivity contribution in [2.24, 2.45) is 11.8 Å². The molecule has 2 atom stereocenters. The SMILES string of the molecule is Cl.O=C(NC1C2CNCC21)c1cc(Br)ccc1F. The van der Waals surface area contributed by atoms with Crippen molar-refractivity contribution in [1.29, 1.82) is 0 Å². The third kappa shape index (κ3) is 2.39. The lowest BCUT2D eigenvalue weighted by Crippen LogP contribution is -2.33. The summed E-state index contributed by atoms with van der Waals surface area (Å²) in [6, 6.07) is 4.62. The lowest BCUT2D eigenvalue weighted by Gasteiger charge is -2.08. The van der Waals surface area contributed by atoms with Crippen molar-refractivity contribution in [3.8, 4) is 0 Å². The third-order valence-corrected chi connectivity index (χ3v) is 4.06. The largest absolute Gasteiger partial charge is 0.349 e. The molecule has 0 spiro atoms. The fraction of sp³-hybridized carbons (Fsp3) is 0.417. The van der Waals surface area contributed by atoms with Crippen LogP contribution in [-0.2, 0) is 0 Å². The van der Waals surface area contributed by atoms with Gasteiger partial charge in [0.15, 0.2) is 0 Å². The summed E-state index contributed by atoms with van der Waals surface area (Å²) in [7, 11) is 0. The quantitative estimate of drug-likeness (QED) is 0.867. The van der Waals surface area contributed by atoms with E-state index in [0.717, 1.165) is 13.1 Å². The zero-order valence-electron chi connectivity index (χ0n) is 9.45. The van der Waals surface area contributed by atoms with Crippen molar-refractivity contribution in [2.75, 3.05) is 13.1 Å². The molecule has 1 aromatic rings. The van der Waals surface area contributed by atoms with E-state index in [1.165, 1.54) is 12.1 Å². The Morgan fingerprint density at radius 1 is 1.39 bits per heavy atom. The van der Waals surface area contributed by atoms with Gasteiger partial charge in [-0.1, -0.05) is 15.9 Å². The molecule has 6 heteroatoms. The number of rotatable bonds is 2. The first-order chi connectivity index (χ1) is 8.16. The molecule has 2 aliphatic rings. The minimum Gasteiger partial charge on any atom is -0.349 e. The number of fused-ring (bicyclic) bond motifs is 1. The Morgan fingerprint density at radius 3 is 2.72 bits per heavy atom. The summed E-state index contributed by atoms with van der Waals surface area (Å²) in [6.07, 6.45) is 0. The maximum absolute atomic E-state index is 13.5. The number of amides is 1. The molecular formula is C12H13BrClFN2O. The number of nitrogens with one attached hydrogen (secondary N) is 2. The van der Waals surface area contributed by atoms with Gasteiger partial charge in [0.25, 0.3) is 5.91 Å². The molecule has 3 rings (SSSR count). The Balaban J connectivity index is 0.00000120. The second-order valence-electron chi connectivity index (χ2n) is 4.61. The monoisotopic (exact) mass is 334 g/mol. The zero-order chi connectivity index (χ0) is 12.0. The first-order valence-corrected chi connectivity index (χ1v) is 6.43. The summed E-state index contributed by atoms with van der Waals surface area (Å²) in [4.78, 5) is 11.9. The van der Waals surface area contributed by atoms with E-state index in [0.29, 0.717) is 16.3 Å². The highest BCUT2D eigenvalue weighted by molar-refractivity contribution is 9.10. The van der Waals surface area contributed by atoms with Gasteiger partial charge in [-0.15, -0.1) is 12.4 Å². The van der Waals surface area contributed by atoms with Crippen LogP contribution >= 0.6 is 28.3 Å². The molecule has 0 bridgehead atoms. The van der Waals surface area contributed by atoms with Gasteiger partial charge in [-0.25, -0.2) is 4.39 Å². The fourth-order valence-corrected chi connectivity index (χ4v) is 2.89. The van der Waals surface area contributed by atoms with E-state index in [1.54, 1.807) is 6.07 Å². The lowest BCUT2D eigenvalue weighted by atomic mass is 10.2. The second kappa shape index (κ2) is 5.15. The van der Waals surface area contributed by atoms with Gasteiger partial charge in [-0.3, -0.25) is 4.79 Å². The molecule has 2 fully saturated rings. The van der Waals surface area contributed by atoms with E-state index in [4.69, 9.17) is 0 Å². The molecule has 1 saturated heterocycles. The van der Waals surface area contributed by atoms with Crippen LogP contribution in [0.3, 0.4) is 0 Å². The molecule has 1 amide bonds. The van der Waals surface area contributed by atoms with Gasteiger partial charge in [-0.2, -0.15) is 0 Å². The van der Waals surface area contributed by atoms with Crippen LogP contribution in [0, 0.1) is 17.7 Å². The maximum Gasteiger partial charge on any atom is 0.254 e. The van der Waals surface area contributed by atoms with Crippen molar-refractivity contribution in [2.45, 2.75) is 6.04 Å². The Bertz CT molecular complexity index is 475. The molecule has 1 heterocycles. The van der Waals surface area contributed by atoms with Crippen molar-refractivity contribution in [3.05, 3.63) is 34.1 Å². The molecule has 18 heavy (non-hydrogen) atoms. The van der Waals surface area contributed by atoms with Gasteiger partial charge in [0.2, 0.25) is 0 Å². The number of carbonyl (C=O) groups excluding carboxylic acids is 1. The summed E-state index contributed by atoms with van der Waals surface area (Å²) in [5.41, 5.74) is 0.109. The second-order valence-corrected chi connectivity index (χ2v) is 5.53. The van der Waals surface area contributed by atoms with Crippen LogP contribution in [0.5, 0.6) is 0 Å².